The largest absolute Gasteiger partial charge is 0.372 e. The number of carbonyl (C=O) groups is 1. The molecule has 4 nitrogen and oxygen atoms in total. The topological polar surface area (TPSA) is 35.9 Å². The quantitative estimate of drug-likeness (QED) is 0.526. The van der Waals surface area contributed by atoms with Crippen molar-refractivity contribution in [2.75, 3.05) is 23.0 Å². The molecule has 1 aliphatic rings. The highest BCUT2D eigenvalue weighted by atomic mass is 16.2. The van der Waals surface area contributed by atoms with E-state index in [9.17, 15) is 4.79 Å². The van der Waals surface area contributed by atoms with Gasteiger partial charge in [0.05, 0.1) is 11.3 Å². The second-order valence-corrected chi connectivity index (χ2v) is 7.09. The monoisotopic (exact) mass is 395 g/mol. The fraction of sp³-hybridized carbons (Fsp3) is 0.154. The molecule has 0 bridgehead atoms. The van der Waals surface area contributed by atoms with E-state index >= 15 is 0 Å². The summed E-state index contributed by atoms with van der Waals surface area (Å²) in [5.41, 5.74) is 5.14. The number of nitrogens with zero attached hydrogens (tertiary/aromatic N) is 3. The molecule has 0 radical (unpaired) electrons. The Morgan fingerprint density at radius 2 is 1.43 bits per heavy atom. The van der Waals surface area contributed by atoms with Crippen LogP contribution >= 0.6 is 0 Å². The van der Waals surface area contributed by atoms with Gasteiger partial charge in [-0.25, -0.2) is 0 Å². The molecule has 0 spiro atoms. The van der Waals surface area contributed by atoms with Crippen molar-refractivity contribution < 1.29 is 4.79 Å². The molecule has 0 aromatic heterocycles. The molecule has 0 saturated heterocycles. The molecule has 4 heteroatoms. The Bertz CT molecular complexity index is 1070. The van der Waals surface area contributed by atoms with Crippen molar-refractivity contribution in [3.63, 3.8) is 0 Å². The molecule has 0 unspecified atom stereocenters. The molecule has 1 heterocycles. The number of rotatable bonds is 6. The van der Waals surface area contributed by atoms with E-state index in [2.05, 4.69) is 48.1 Å². The van der Waals surface area contributed by atoms with Crippen molar-refractivity contribution in [3.05, 3.63) is 102 Å². The van der Waals surface area contributed by atoms with Crippen molar-refractivity contribution >= 4 is 29.1 Å². The molecule has 0 aliphatic carbocycles. The molecule has 1 aliphatic heterocycles. The molecule has 4 rings (SSSR count). The molecule has 0 atom stereocenters. The lowest BCUT2D eigenvalue weighted by molar-refractivity contribution is -0.114. The van der Waals surface area contributed by atoms with Gasteiger partial charge in [0.2, 0.25) is 0 Å². The summed E-state index contributed by atoms with van der Waals surface area (Å²) >= 11 is 0. The second-order valence-electron chi connectivity index (χ2n) is 7.09. The number of hydrogen-bond donors (Lipinski definition) is 0. The van der Waals surface area contributed by atoms with Crippen LogP contribution in [-0.2, 0) is 4.79 Å². The van der Waals surface area contributed by atoms with Gasteiger partial charge in [-0.3, -0.25) is 4.79 Å². The SMILES string of the molecule is CCN(CC)c1ccc(/C=C2/C(=O)N(c3ccccc3)N=C2c2ccccc2)cc1. The van der Waals surface area contributed by atoms with Crippen LogP contribution in [-0.4, -0.2) is 24.7 Å². The van der Waals surface area contributed by atoms with Gasteiger partial charge in [-0.15, -0.1) is 0 Å². The first-order valence-corrected chi connectivity index (χ1v) is 10.3. The van der Waals surface area contributed by atoms with Crippen molar-refractivity contribution in [2.45, 2.75) is 13.8 Å². The summed E-state index contributed by atoms with van der Waals surface area (Å²) in [5, 5.41) is 6.17. The van der Waals surface area contributed by atoms with Gasteiger partial charge in [0.15, 0.2) is 0 Å². The zero-order chi connectivity index (χ0) is 20.9. The zero-order valence-corrected chi connectivity index (χ0v) is 17.3. The van der Waals surface area contributed by atoms with Crippen LogP contribution in [0.4, 0.5) is 11.4 Å². The normalized spacial score (nSPS) is 14.9. The van der Waals surface area contributed by atoms with Gasteiger partial charge < -0.3 is 4.90 Å². The second kappa shape index (κ2) is 8.78. The van der Waals surface area contributed by atoms with E-state index in [0.29, 0.717) is 11.3 Å². The first-order valence-electron chi connectivity index (χ1n) is 10.3. The van der Waals surface area contributed by atoms with E-state index in [-0.39, 0.29) is 5.91 Å². The van der Waals surface area contributed by atoms with Crippen LogP contribution in [0.15, 0.2) is 95.6 Å². The van der Waals surface area contributed by atoms with Crippen molar-refractivity contribution in [3.8, 4) is 0 Å². The third-order valence-electron chi connectivity index (χ3n) is 5.26. The van der Waals surface area contributed by atoms with E-state index in [1.54, 1.807) is 0 Å². The highest BCUT2D eigenvalue weighted by Gasteiger charge is 2.31. The highest BCUT2D eigenvalue weighted by molar-refractivity contribution is 6.37. The maximum atomic E-state index is 13.3. The first kappa shape index (κ1) is 19.6. The smallest absolute Gasteiger partial charge is 0.281 e. The van der Waals surface area contributed by atoms with E-state index in [4.69, 9.17) is 0 Å². The summed E-state index contributed by atoms with van der Waals surface area (Å²) in [7, 11) is 0. The average Bonchev–Trinajstić information content (AvgIpc) is 3.13. The Morgan fingerprint density at radius 3 is 2.03 bits per heavy atom. The Hall–Kier alpha value is -3.66. The summed E-state index contributed by atoms with van der Waals surface area (Å²) in [6, 6.07) is 27.7. The highest BCUT2D eigenvalue weighted by Crippen LogP contribution is 2.28. The predicted molar refractivity (Wildman–Crippen MR) is 125 cm³/mol. The van der Waals surface area contributed by atoms with Crippen LogP contribution in [0, 0.1) is 0 Å². The molecular weight excluding hydrogens is 370 g/mol. The van der Waals surface area contributed by atoms with Crippen molar-refractivity contribution in [2.24, 2.45) is 5.10 Å². The predicted octanol–water partition coefficient (Wildman–Crippen LogP) is 5.37. The Kier molecular flexibility index (Phi) is 5.75. The molecular formula is C26H25N3O. The van der Waals surface area contributed by atoms with Gasteiger partial charge in [-0.2, -0.15) is 10.1 Å². The van der Waals surface area contributed by atoms with Crippen LogP contribution in [0.1, 0.15) is 25.0 Å². The Morgan fingerprint density at radius 1 is 0.833 bits per heavy atom. The minimum atomic E-state index is -0.118. The van der Waals surface area contributed by atoms with E-state index < -0.39 is 0 Å². The number of hydrazone groups is 1. The van der Waals surface area contributed by atoms with E-state index in [0.717, 1.165) is 29.9 Å². The van der Waals surface area contributed by atoms with Crippen LogP contribution in [0.2, 0.25) is 0 Å². The molecule has 150 valence electrons. The minimum absolute atomic E-state index is 0.118. The third kappa shape index (κ3) is 3.90. The van der Waals surface area contributed by atoms with Gasteiger partial charge in [0.1, 0.15) is 5.71 Å². The lowest BCUT2D eigenvalue weighted by Gasteiger charge is -2.20. The van der Waals surface area contributed by atoms with E-state index in [1.807, 2.05) is 66.7 Å². The fourth-order valence-electron chi connectivity index (χ4n) is 3.63. The maximum absolute atomic E-state index is 13.3. The van der Waals surface area contributed by atoms with Gasteiger partial charge in [-0.05, 0) is 49.8 Å². The lowest BCUT2D eigenvalue weighted by Crippen LogP contribution is -2.21. The van der Waals surface area contributed by atoms with Crippen LogP contribution < -0.4 is 9.91 Å². The molecule has 0 fully saturated rings. The van der Waals surface area contributed by atoms with Crippen LogP contribution in [0.5, 0.6) is 0 Å². The number of carbonyl (C=O) groups excluding carboxylic acids is 1. The van der Waals surface area contributed by atoms with Crippen molar-refractivity contribution in [1.29, 1.82) is 0 Å². The third-order valence-corrected chi connectivity index (χ3v) is 5.26. The van der Waals surface area contributed by atoms with Gasteiger partial charge in [0, 0.05) is 24.3 Å². The standard InChI is InChI=1S/C26H25N3O/c1-3-28(4-2)22-17-15-20(16-18-22)19-24-25(21-11-7-5-8-12-21)27-29(26(24)30)23-13-9-6-10-14-23/h5-19H,3-4H2,1-2H3/b24-19+. The molecule has 3 aromatic rings. The number of para-hydroxylation sites is 1. The number of anilines is 2. The maximum Gasteiger partial charge on any atom is 0.281 e. The van der Waals surface area contributed by atoms with Crippen LogP contribution in [0.25, 0.3) is 6.08 Å². The summed E-state index contributed by atoms with van der Waals surface area (Å²) in [4.78, 5) is 15.6. The summed E-state index contributed by atoms with van der Waals surface area (Å²) in [6.07, 6.45) is 1.93. The Balaban J connectivity index is 1.73. The van der Waals surface area contributed by atoms with Crippen LogP contribution in [0.3, 0.4) is 0 Å². The molecule has 3 aromatic carbocycles. The molecule has 0 N–H and O–H groups in total. The fourth-order valence-corrected chi connectivity index (χ4v) is 3.63. The summed E-state index contributed by atoms with van der Waals surface area (Å²) < 4.78 is 0. The summed E-state index contributed by atoms with van der Waals surface area (Å²) in [6.45, 7) is 6.23. The van der Waals surface area contributed by atoms with Crippen molar-refractivity contribution in [1.82, 2.24) is 0 Å². The molecule has 1 amide bonds. The Labute approximate surface area is 177 Å². The number of benzene rings is 3. The van der Waals surface area contributed by atoms with E-state index in [1.165, 1.54) is 10.7 Å². The number of hydrogen-bond acceptors (Lipinski definition) is 3. The average molecular weight is 396 g/mol. The number of amides is 1. The lowest BCUT2D eigenvalue weighted by atomic mass is 10.00. The minimum Gasteiger partial charge on any atom is -0.372 e. The van der Waals surface area contributed by atoms with Gasteiger partial charge in [-0.1, -0.05) is 60.7 Å². The van der Waals surface area contributed by atoms with Gasteiger partial charge in [0.25, 0.3) is 5.91 Å². The first-order chi connectivity index (χ1) is 14.7. The van der Waals surface area contributed by atoms with Gasteiger partial charge >= 0.3 is 0 Å². The molecule has 30 heavy (non-hydrogen) atoms. The zero-order valence-electron chi connectivity index (χ0n) is 17.3. The molecule has 0 saturated carbocycles. The summed E-state index contributed by atoms with van der Waals surface area (Å²) in [5.74, 6) is -0.118.